The van der Waals surface area contributed by atoms with Crippen molar-refractivity contribution in [3.8, 4) is 28.7 Å². The first kappa shape index (κ1) is 34.2. The SMILES string of the molecule is COc1cc2c(Oc3ccc(NC(=O)c4nn(-c5cc(F)cc(F)c5)c(=O)n(C)c4=O)cc3F)ccnc2cc1OCCN1CCC(C)CC1. The first-order chi connectivity index (χ1) is 24.0. The molecule has 6 rings (SSSR count). The molecule has 3 aromatic carbocycles. The lowest BCUT2D eigenvalue weighted by atomic mass is 9.99. The van der Waals surface area contributed by atoms with Crippen molar-refractivity contribution in [1.82, 2.24) is 24.2 Å². The minimum atomic E-state index is -1.10. The normalized spacial score (nSPS) is 13.7. The van der Waals surface area contributed by atoms with E-state index >= 15 is 4.39 Å². The molecular weight excluding hydrogens is 657 g/mol. The Morgan fingerprint density at radius 3 is 2.38 bits per heavy atom. The number of ether oxygens (including phenoxy) is 3. The lowest BCUT2D eigenvalue weighted by molar-refractivity contribution is 0.101. The first-order valence-electron chi connectivity index (χ1n) is 15.8. The molecule has 2 aromatic heterocycles. The molecule has 3 heterocycles. The van der Waals surface area contributed by atoms with E-state index in [0.717, 1.165) is 50.8 Å². The Hall–Kier alpha value is -5.70. The molecule has 0 spiro atoms. The molecular formula is C35H33F3N6O6. The molecule has 15 heteroatoms. The van der Waals surface area contributed by atoms with Crippen LogP contribution in [0.25, 0.3) is 16.6 Å². The van der Waals surface area contributed by atoms with Gasteiger partial charge in [-0.3, -0.25) is 24.0 Å². The molecule has 1 N–H and O–H groups in total. The average Bonchev–Trinajstić information content (AvgIpc) is 3.08. The molecule has 0 bridgehead atoms. The summed E-state index contributed by atoms with van der Waals surface area (Å²) in [5.74, 6) is -2.14. The Labute approximate surface area is 283 Å². The van der Waals surface area contributed by atoms with Crippen molar-refractivity contribution in [3.05, 3.63) is 105 Å². The zero-order valence-electron chi connectivity index (χ0n) is 27.4. The number of nitrogens with one attached hydrogen (secondary N) is 1. The van der Waals surface area contributed by atoms with Crippen molar-refractivity contribution >= 4 is 22.5 Å². The van der Waals surface area contributed by atoms with Crippen LogP contribution in [-0.2, 0) is 7.05 Å². The number of likely N-dealkylation sites (tertiary alicyclic amines) is 1. The number of hydrogen-bond donors (Lipinski definition) is 1. The van der Waals surface area contributed by atoms with Gasteiger partial charge in [0.05, 0.1) is 18.3 Å². The summed E-state index contributed by atoms with van der Waals surface area (Å²) in [6.07, 6.45) is 3.86. The van der Waals surface area contributed by atoms with Crippen LogP contribution in [0.5, 0.6) is 23.0 Å². The third-order valence-electron chi connectivity index (χ3n) is 8.42. The van der Waals surface area contributed by atoms with Gasteiger partial charge >= 0.3 is 5.69 Å². The second kappa shape index (κ2) is 14.4. The molecule has 12 nitrogen and oxygen atoms in total. The number of fused-ring (bicyclic) bond motifs is 1. The van der Waals surface area contributed by atoms with E-state index in [2.05, 4.69) is 27.2 Å². The van der Waals surface area contributed by atoms with Gasteiger partial charge in [-0.25, -0.2) is 18.0 Å². The number of aromatic nitrogens is 4. The number of amides is 1. The van der Waals surface area contributed by atoms with Gasteiger partial charge in [0.15, 0.2) is 23.1 Å². The molecule has 1 saturated heterocycles. The number of piperidine rings is 1. The highest BCUT2D eigenvalue weighted by Gasteiger charge is 2.21. The van der Waals surface area contributed by atoms with Crippen LogP contribution in [-0.4, -0.2) is 63.5 Å². The summed E-state index contributed by atoms with van der Waals surface area (Å²) in [6.45, 7) is 5.61. The quantitative estimate of drug-likeness (QED) is 0.214. The first-order valence-corrected chi connectivity index (χ1v) is 15.8. The van der Waals surface area contributed by atoms with Gasteiger partial charge in [0.25, 0.3) is 11.5 Å². The van der Waals surface area contributed by atoms with Crippen molar-refractivity contribution in [1.29, 1.82) is 0 Å². The number of methoxy groups -OCH3 is 1. The molecule has 0 atom stereocenters. The molecule has 0 saturated carbocycles. The molecule has 0 unspecified atom stereocenters. The number of hydrogen-bond acceptors (Lipinski definition) is 9. The number of carbonyl (C=O) groups is 1. The third kappa shape index (κ3) is 7.32. The molecule has 260 valence electrons. The van der Waals surface area contributed by atoms with Crippen molar-refractivity contribution in [3.63, 3.8) is 0 Å². The summed E-state index contributed by atoms with van der Waals surface area (Å²) >= 11 is 0. The molecule has 0 radical (unpaired) electrons. The van der Waals surface area contributed by atoms with Crippen molar-refractivity contribution in [2.75, 3.05) is 38.7 Å². The maximum absolute atomic E-state index is 15.3. The van der Waals surface area contributed by atoms with Crippen LogP contribution in [0.2, 0.25) is 0 Å². The van der Waals surface area contributed by atoms with Crippen LogP contribution >= 0.6 is 0 Å². The van der Waals surface area contributed by atoms with Crippen molar-refractivity contribution in [2.45, 2.75) is 19.8 Å². The van der Waals surface area contributed by atoms with Gasteiger partial charge in [0.1, 0.15) is 24.0 Å². The summed E-state index contributed by atoms with van der Waals surface area (Å²) < 4.78 is 61.6. The molecule has 1 aliphatic heterocycles. The van der Waals surface area contributed by atoms with Gasteiger partial charge in [-0.05, 0) is 68.2 Å². The summed E-state index contributed by atoms with van der Waals surface area (Å²) in [4.78, 5) is 45.2. The highest BCUT2D eigenvalue weighted by Crippen LogP contribution is 2.38. The van der Waals surface area contributed by atoms with E-state index < -0.39 is 40.3 Å². The zero-order valence-corrected chi connectivity index (χ0v) is 27.4. The highest BCUT2D eigenvalue weighted by atomic mass is 19.1. The topological polar surface area (TPSA) is 130 Å². The van der Waals surface area contributed by atoms with Gasteiger partial charge in [-0.1, -0.05) is 6.92 Å². The van der Waals surface area contributed by atoms with E-state index in [1.54, 1.807) is 18.2 Å². The largest absolute Gasteiger partial charge is 0.493 e. The average molecular weight is 691 g/mol. The van der Waals surface area contributed by atoms with Crippen LogP contribution in [0.4, 0.5) is 18.9 Å². The summed E-state index contributed by atoms with van der Waals surface area (Å²) in [7, 11) is 2.59. The zero-order chi connectivity index (χ0) is 35.5. The maximum Gasteiger partial charge on any atom is 0.351 e. The summed E-state index contributed by atoms with van der Waals surface area (Å²) in [6, 6.07) is 10.8. The second-order valence-electron chi connectivity index (χ2n) is 11.9. The Morgan fingerprint density at radius 1 is 0.940 bits per heavy atom. The van der Waals surface area contributed by atoms with E-state index in [1.165, 1.54) is 38.3 Å². The van der Waals surface area contributed by atoms with Crippen molar-refractivity contribution < 1.29 is 32.2 Å². The second-order valence-corrected chi connectivity index (χ2v) is 11.9. The van der Waals surface area contributed by atoms with E-state index in [1.807, 2.05) is 0 Å². The van der Waals surface area contributed by atoms with Crippen LogP contribution in [0.1, 0.15) is 30.3 Å². The number of carbonyl (C=O) groups excluding carboxylic acids is 1. The van der Waals surface area contributed by atoms with E-state index in [9.17, 15) is 23.2 Å². The molecule has 5 aromatic rings. The van der Waals surface area contributed by atoms with Crippen LogP contribution in [0.3, 0.4) is 0 Å². The number of halogens is 3. The van der Waals surface area contributed by atoms with Crippen molar-refractivity contribution in [2.24, 2.45) is 13.0 Å². The van der Waals surface area contributed by atoms with Gasteiger partial charge in [-0.2, -0.15) is 9.78 Å². The number of rotatable bonds is 10. The summed E-state index contributed by atoms with van der Waals surface area (Å²) in [5.41, 5.74) is -2.79. The molecule has 1 fully saturated rings. The number of pyridine rings is 1. The van der Waals surface area contributed by atoms with E-state index in [4.69, 9.17) is 14.2 Å². The van der Waals surface area contributed by atoms with Gasteiger partial charge in [0, 0.05) is 49.1 Å². The lowest BCUT2D eigenvalue weighted by Gasteiger charge is -2.30. The number of nitrogens with zero attached hydrogens (tertiary/aromatic N) is 5. The third-order valence-corrected chi connectivity index (χ3v) is 8.42. The minimum Gasteiger partial charge on any atom is -0.493 e. The minimum absolute atomic E-state index is 0.0691. The standard InChI is InChI=1S/C35H33F3N6O6/c1-20-7-10-43(11-8-20)12-13-49-31-19-27-25(18-30(31)48-3)28(6-9-39-27)50-29-5-4-23(17-26(29)38)40-33(45)32-34(46)42(2)35(47)44(41-32)24-15-21(36)14-22(37)16-24/h4-6,9,14-20H,7-8,10-13H2,1-3H3,(H,40,45). The molecule has 50 heavy (non-hydrogen) atoms. The fourth-order valence-electron chi connectivity index (χ4n) is 5.58. The maximum atomic E-state index is 15.3. The number of anilines is 1. The van der Waals surface area contributed by atoms with Crippen LogP contribution < -0.4 is 30.8 Å². The predicted molar refractivity (Wildman–Crippen MR) is 178 cm³/mol. The van der Waals surface area contributed by atoms with Gasteiger partial charge < -0.3 is 19.5 Å². The lowest BCUT2D eigenvalue weighted by Crippen LogP contribution is -2.43. The Balaban J connectivity index is 1.19. The smallest absolute Gasteiger partial charge is 0.351 e. The highest BCUT2D eigenvalue weighted by molar-refractivity contribution is 6.02. The molecule has 1 aliphatic rings. The Kier molecular flexibility index (Phi) is 9.86. The molecule has 1 amide bonds. The Bertz CT molecular complexity index is 2180. The van der Waals surface area contributed by atoms with Gasteiger partial charge in [0.2, 0.25) is 5.69 Å². The monoisotopic (exact) mass is 690 g/mol. The molecule has 0 aliphatic carbocycles. The summed E-state index contributed by atoms with van der Waals surface area (Å²) in [5, 5.41) is 6.63. The van der Waals surface area contributed by atoms with Crippen LogP contribution in [0.15, 0.2) is 70.4 Å². The predicted octanol–water partition coefficient (Wildman–Crippen LogP) is 5.06. The fourth-order valence-corrected chi connectivity index (χ4v) is 5.58. The number of benzene rings is 3. The van der Waals surface area contributed by atoms with Crippen LogP contribution in [0, 0.1) is 23.4 Å². The van der Waals surface area contributed by atoms with E-state index in [0.29, 0.717) is 44.3 Å². The Morgan fingerprint density at radius 2 is 1.68 bits per heavy atom. The van der Waals surface area contributed by atoms with E-state index in [-0.39, 0.29) is 22.9 Å². The fraction of sp³-hybridized carbons (Fsp3) is 0.286. The van der Waals surface area contributed by atoms with Gasteiger partial charge in [-0.15, -0.1) is 0 Å².